The minimum absolute atomic E-state index is 0.00827. The highest BCUT2D eigenvalue weighted by Gasteiger charge is 2.41. The SMILES string of the molecule is O=C(CC1CCCC(O)C1[N+](=O)[O-])c1ccc(F)cc1. The molecule has 0 spiro atoms. The molecule has 2 rings (SSSR count). The number of carbonyl (C=O) groups is 1. The van der Waals surface area contributed by atoms with Crippen LogP contribution in [0.2, 0.25) is 0 Å². The molecular weight excluding hydrogens is 265 g/mol. The molecule has 108 valence electrons. The molecule has 0 amide bonds. The van der Waals surface area contributed by atoms with E-state index in [0.29, 0.717) is 24.8 Å². The lowest BCUT2D eigenvalue weighted by atomic mass is 9.79. The second-order valence-electron chi connectivity index (χ2n) is 5.17. The minimum Gasteiger partial charge on any atom is -0.386 e. The van der Waals surface area contributed by atoms with Crippen molar-refractivity contribution < 1.29 is 19.2 Å². The minimum atomic E-state index is -1.09. The van der Waals surface area contributed by atoms with Gasteiger partial charge < -0.3 is 5.11 Å². The van der Waals surface area contributed by atoms with Gasteiger partial charge in [0.1, 0.15) is 11.9 Å². The molecule has 1 aromatic carbocycles. The summed E-state index contributed by atoms with van der Waals surface area (Å²) in [4.78, 5) is 22.6. The summed E-state index contributed by atoms with van der Waals surface area (Å²) < 4.78 is 12.8. The quantitative estimate of drug-likeness (QED) is 0.521. The first kappa shape index (κ1) is 14.6. The van der Waals surface area contributed by atoms with Crippen LogP contribution in [-0.2, 0) is 0 Å². The molecule has 0 aromatic heterocycles. The Kier molecular flexibility index (Phi) is 4.44. The molecular formula is C14H16FNO4. The average Bonchev–Trinajstić information content (AvgIpc) is 2.39. The summed E-state index contributed by atoms with van der Waals surface area (Å²) in [5.74, 6) is -1.15. The maximum Gasteiger partial charge on any atom is 0.241 e. The molecule has 0 aliphatic heterocycles. The Labute approximate surface area is 115 Å². The van der Waals surface area contributed by atoms with E-state index in [1.807, 2.05) is 0 Å². The number of hydrogen-bond donors (Lipinski definition) is 1. The van der Waals surface area contributed by atoms with Gasteiger partial charge in [-0.15, -0.1) is 0 Å². The van der Waals surface area contributed by atoms with E-state index in [-0.39, 0.29) is 12.2 Å². The number of carbonyl (C=O) groups excluding carboxylic acids is 1. The van der Waals surface area contributed by atoms with E-state index in [1.54, 1.807) is 0 Å². The highest BCUT2D eigenvalue weighted by Crippen LogP contribution is 2.30. The van der Waals surface area contributed by atoms with Crippen molar-refractivity contribution in [2.24, 2.45) is 5.92 Å². The van der Waals surface area contributed by atoms with E-state index < -0.39 is 28.8 Å². The third-order valence-corrected chi connectivity index (χ3v) is 3.81. The first-order chi connectivity index (χ1) is 9.49. The van der Waals surface area contributed by atoms with Crippen LogP contribution in [0.15, 0.2) is 24.3 Å². The van der Waals surface area contributed by atoms with Crippen molar-refractivity contribution in [2.75, 3.05) is 0 Å². The fourth-order valence-electron chi connectivity index (χ4n) is 2.77. The Morgan fingerprint density at radius 2 is 2.00 bits per heavy atom. The largest absolute Gasteiger partial charge is 0.386 e. The molecule has 1 aliphatic carbocycles. The van der Waals surface area contributed by atoms with Crippen molar-refractivity contribution in [2.45, 2.75) is 37.8 Å². The second kappa shape index (κ2) is 6.09. The number of nitro groups is 1. The normalized spacial score (nSPS) is 26.2. The van der Waals surface area contributed by atoms with Gasteiger partial charge in [-0.05, 0) is 37.1 Å². The van der Waals surface area contributed by atoms with Crippen LogP contribution in [0, 0.1) is 21.8 Å². The van der Waals surface area contributed by atoms with E-state index in [1.165, 1.54) is 24.3 Å². The molecule has 6 heteroatoms. The fraction of sp³-hybridized carbons (Fsp3) is 0.500. The molecule has 0 saturated heterocycles. The van der Waals surface area contributed by atoms with E-state index >= 15 is 0 Å². The summed E-state index contributed by atoms with van der Waals surface area (Å²) >= 11 is 0. The molecule has 1 aromatic rings. The first-order valence-electron chi connectivity index (χ1n) is 6.59. The third kappa shape index (κ3) is 3.19. The Balaban J connectivity index is 2.09. The van der Waals surface area contributed by atoms with Gasteiger partial charge in [0.05, 0.1) is 0 Å². The van der Waals surface area contributed by atoms with Crippen LogP contribution in [0.1, 0.15) is 36.0 Å². The van der Waals surface area contributed by atoms with Crippen LogP contribution in [0.4, 0.5) is 4.39 Å². The molecule has 1 fully saturated rings. The number of hydrogen-bond acceptors (Lipinski definition) is 4. The van der Waals surface area contributed by atoms with Gasteiger partial charge in [-0.2, -0.15) is 0 Å². The van der Waals surface area contributed by atoms with Crippen LogP contribution >= 0.6 is 0 Å². The predicted octanol–water partition coefficient (Wildman–Crippen LogP) is 2.20. The van der Waals surface area contributed by atoms with Crippen molar-refractivity contribution in [1.29, 1.82) is 0 Å². The Morgan fingerprint density at radius 1 is 1.35 bits per heavy atom. The zero-order valence-corrected chi connectivity index (χ0v) is 10.9. The second-order valence-corrected chi connectivity index (χ2v) is 5.17. The van der Waals surface area contributed by atoms with Crippen molar-refractivity contribution >= 4 is 5.78 Å². The van der Waals surface area contributed by atoms with E-state index in [4.69, 9.17) is 0 Å². The summed E-state index contributed by atoms with van der Waals surface area (Å²) in [6.07, 6.45) is 0.633. The van der Waals surface area contributed by atoms with Crippen molar-refractivity contribution in [3.63, 3.8) is 0 Å². The third-order valence-electron chi connectivity index (χ3n) is 3.81. The van der Waals surface area contributed by atoms with Crippen LogP contribution in [-0.4, -0.2) is 28.0 Å². The Bertz CT molecular complexity index is 502. The van der Waals surface area contributed by atoms with Gasteiger partial charge in [-0.25, -0.2) is 4.39 Å². The molecule has 20 heavy (non-hydrogen) atoms. The van der Waals surface area contributed by atoms with Crippen molar-refractivity contribution in [1.82, 2.24) is 0 Å². The summed E-state index contributed by atoms with van der Waals surface area (Å²) in [6, 6.07) is 4.03. The molecule has 0 heterocycles. The zero-order valence-electron chi connectivity index (χ0n) is 10.9. The Morgan fingerprint density at radius 3 is 2.60 bits per heavy atom. The molecule has 3 unspecified atom stereocenters. The summed E-state index contributed by atoms with van der Waals surface area (Å²) in [5, 5.41) is 20.7. The molecule has 0 bridgehead atoms. The van der Waals surface area contributed by atoms with E-state index in [2.05, 4.69) is 0 Å². The predicted molar refractivity (Wildman–Crippen MR) is 69.5 cm³/mol. The number of halogens is 1. The number of benzene rings is 1. The maximum atomic E-state index is 12.8. The van der Waals surface area contributed by atoms with Gasteiger partial charge >= 0.3 is 0 Å². The van der Waals surface area contributed by atoms with Gasteiger partial charge in [-0.3, -0.25) is 14.9 Å². The standard InChI is InChI=1S/C14H16FNO4/c15-11-6-4-9(5-7-11)13(18)8-10-2-1-3-12(17)14(10)16(19)20/h4-7,10,12,14,17H,1-3,8H2. The van der Waals surface area contributed by atoms with E-state index in [9.17, 15) is 24.4 Å². The topological polar surface area (TPSA) is 80.4 Å². The molecule has 0 radical (unpaired) electrons. The van der Waals surface area contributed by atoms with Gasteiger partial charge in [-0.1, -0.05) is 6.42 Å². The van der Waals surface area contributed by atoms with Crippen LogP contribution in [0.5, 0.6) is 0 Å². The number of Topliss-reactive ketones (excluding diaryl/α,β-unsaturated/α-hetero) is 1. The van der Waals surface area contributed by atoms with Crippen LogP contribution < -0.4 is 0 Å². The highest BCUT2D eigenvalue weighted by atomic mass is 19.1. The summed E-state index contributed by atoms with van der Waals surface area (Å²) in [7, 11) is 0. The number of aliphatic hydroxyl groups excluding tert-OH is 1. The first-order valence-corrected chi connectivity index (χ1v) is 6.59. The molecule has 5 nitrogen and oxygen atoms in total. The lowest BCUT2D eigenvalue weighted by Gasteiger charge is -2.28. The zero-order chi connectivity index (χ0) is 14.7. The van der Waals surface area contributed by atoms with Crippen molar-refractivity contribution in [3.8, 4) is 0 Å². The summed E-state index contributed by atoms with van der Waals surface area (Å²) in [6.45, 7) is 0. The number of rotatable bonds is 4. The van der Waals surface area contributed by atoms with Gasteiger partial charge in [0, 0.05) is 22.8 Å². The lowest BCUT2D eigenvalue weighted by molar-refractivity contribution is -0.547. The van der Waals surface area contributed by atoms with Crippen molar-refractivity contribution in [3.05, 3.63) is 45.8 Å². The highest BCUT2D eigenvalue weighted by molar-refractivity contribution is 5.96. The number of ketones is 1. The number of aliphatic hydroxyl groups is 1. The average molecular weight is 281 g/mol. The van der Waals surface area contributed by atoms with E-state index in [0.717, 1.165) is 0 Å². The fourth-order valence-corrected chi connectivity index (χ4v) is 2.77. The van der Waals surface area contributed by atoms with Crippen LogP contribution in [0.25, 0.3) is 0 Å². The van der Waals surface area contributed by atoms with Crippen LogP contribution in [0.3, 0.4) is 0 Å². The Hall–Kier alpha value is -1.82. The summed E-state index contributed by atoms with van der Waals surface area (Å²) in [5.41, 5.74) is 0.341. The van der Waals surface area contributed by atoms with Gasteiger partial charge in [0.2, 0.25) is 6.04 Å². The molecule has 1 aliphatic rings. The molecule has 1 N–H and O–H groups in total. The maximum absolute atomic E-state index is 12.8. The molecule has 1 saturated carbocycles. The monoisotopic (exact) mass is 281 g/mol. The van der Waals surface area contributed by atoms with Gasteiger partial charge in [0.15, 0.2) is 5.78 Å². The smallest absolute Gasteiger partial charge is 0.241 e. The lowest BCUT2D eigenvalue weighted by Crippen LogP contribution is -2.44. The molecule has 3 atom stereocenters. The van der Waals surface area contributed by atoms with Gasteiger partial charge in [0.25, 0.3) is 0 Å². The number of nitrogens with zero attached hydrogens (tertiary/aromatic N) is 1.